The second-order valence-corrected chi connectivity index (χ2v) is 21.3. The molecule has 11 rings (SSSR count). The second kappa shape index (κ2) is 20.9. The van der Waals surface area contributed by atoms with Crippen LogP contribution >= 0.6 is 11.3 Å². The van der Waals surface area contributed by atoms with Crippen molar-refractivity contribution >= 4 is 72.9 Å². The lowest BCUT2D eigenvalue weighted by Gasteiger charge is -2.43. The first-order valence-electron chi connectivity index (χ1n) is 25.8. The highest BCUT2D eigenvalue weighted by molar-refractivity contribution is 7.22. The highest BCUT2D eigenvalue weighted by Gasteiger charge is 2.46. The summed E-state index contributed by atoms with van der Waals surface area (Å²) in [5, 5.41) is 24.2. The zero-order valence-corrected chi connectivity index (χ0v) is 42.8. The molecule has 2 atom stereocenters. The zero-order chi connectivity index (χ0) is 52.8. The average Bonchev–Trinajstić information content (AvgIpc) is 3.99. The minimum absolute atomic E-state index is 0.0610. The van der Waals surface area contributed by atoms with Gasteiger partial charge in [0.1, 0.15) is 23.5 Å². The van der Waals surface area contributed by atoms with E-state index in [0.717, 1.165) is 59.0 Å². The number of urea groups is 1. The maximum absolute atomic E-state index is 14.7. The highest BCUT2D eigenvalue weighted by Crippen LogP contribution is 2.39. The minimum Gasteiger partial charge on any atom is -0.490 e. The van der Waals surface area contributed by atoms with Gasteiger partial charge in [-0.1, -0.05) is 47.7 Å². The third-order valence-electron chi connectivity index (χ3n) is 15.6. The SMILES string of the molecule is Cc1c(O[C@H]2CC[C@H](CCCN3CCN(c4ccc5c(C6CNC(=O)NC6=O)nn(C)c5c4)C[C@H]3C(F)(F)F)CC2)cccc1-c1ccc(N2CCc3cccc(C(=O)Nc4nc5ccccc5s4)c3C2)nc1C(=O)O. The van der Waals surface area contributed by atoms with Gasteiger partial charge in [0.2, 0.25) is 5.91 Å². The summed E-state index contributed by atoms with van der Waals surface area (Å²) in [6.07, 6.45) is 1.01. The lowest BCUT2D eigenvalue weighted by molar-refractivity contribution is -0.184. The number of aryl methyl sites for hydroxylation is 1. The van der Waals surface area contributed by atoms with E-state index in [2.05, 4.69) is 26.0 Å². The largest absolute Gasteiger partial charge is 0.490 e. The van der Waals surface area contributed by atoms with Crippen molar-refractivity contribution in [2.45, 2.75) is 82.7 Å². The van der Waals surface area contributed by atoms with Crippen LogP contribution in [0.2, 0.25) is 0 Å². The van der Waals surface area contributed by atoms with E-state index in [-0.39, 0.29) is 37.3 Å². The molecule has 0 bridgehead atoms. The number of fused-ring (bicyclic) bond motifs is 3. The number of pyridine rings is 1. The number of carboxylic acid groups (broad SMARTS) is 1. The molecule has 0 spiro atoms. The van der Waals surface area contributed by atoms with Gasteiger partial charge >= 0.3 is 18.2 Å². The second-order valence-electron chi connectivity index (χ2n) is 20.3. The number of amides is 4. The number of piperazine rings is 1. The molecule has 16 nitrogen and oxygen atoms in total. The van der Waals surface area contributed by atoms with Crippen molar-refractivity contribution in [2.24, 2.45) is 13.0 Å². The number of aromatic nitrogens is 4. The summed E-state index contributed by atoms with van der Waals surface area (Å²) in [6, 6.07) is 25.9. The van der Waals surface area contributed by atoms with Gasteiger partial charge in [0.25, 0.3) is 5.91 Å². The summed E-state index contributed by atoms with van der Waals surface area (Å²) >= 11 is 1.41. The van der Waals surface area contributed by atoms with E-state index < -0.39 is 36.0 Å². The fourth-order valence-corrected chi connectivity index (χ4v) is 12.4. The van der Waals surface area contributed by atoms with Crippen molar-refractivity contribution in [3.8, 4) is 16.9 Å². The number of hydrogen-bond acceptors (Lipinski definition) is 12. The highest BCUT2D eigenvalue weighted by atomic mass is 32.1. The average molecular weight is 1060 g/mol. The van der Waals surface area contributed by atoms with Crippen molar-refractivity contribution in [3.63, 3.8) is 0 Å². The molecule has 4 N–H and O–H groups in total. The van der Waals surface area contributed by atoms with Crippen LogP contribution in [0.5, 0.6) is 5.75 Å². The smallest absolute Gasteiger partial charge is 0.405 e. The maximum atomic E-state index is 14.7. The third kappa shape index (κ3) is 10.3. The molecule has 7 aromatic rings. The van der Waals surface area contributed by atoms with E-state index in [4.69, 9.17) is 9.72 Å². The molecule has 1 unspecified atom stereocenters. The molecule has 3 aliphatic heterocycles. The van der Waals surface area contributed by atoms with Gasteiger partial charge in [-0.2, -0.15) is 18.3 Å². The number of thiazole rings is 1. The number of benzene rings is 4. The number of para-hydroxylation sites is 1. The van der Waals surface area contributed by atoms with E-state index in [1.807, 2.05) is 78.6 Å². The van der Waals surface area contributed by atoms with Crippen molar-refractivity contribution in [1.82, 2.24) is 35.3 Å². The number of halogens is 3. The number of anilines is 3. The molecule has 0 radical (unpaired) electrons. The Labute approximate surface area is 440 Å². The summed E-state index contributed by atoms with van der Waals surface area (Å²) in [4.78, 5) is 65.4. The van der Waals surface area contributed by atoms with Gasteiger partial charge in [0.15, 0.2) is 10.8 Å². The molecule has 2 saturated heterocycles. The first kappa shape index (κ1) is 50.6. The Morgan fingerprint density at radius 3 is 2.51 bits per heavy atom. The monoisotopic (exact) mass is 1050 g/mol. The summed E-state index contributed by atoms with van der Waals surface area (Å²) in [6.45, 7) is 3.81. The third-order valence-corrected chi connectivity index (χ3v) is 16.6. The number of carbonyl (C=O) groups is 4. The Hall–Kier alpha value is -7.58. The molecular weight excluding hydrogens is 998 g/mol. The lowest BCUT2D eigenvalue weighted by atomic mass is 9.84. The topological polar surface area (TPSA) is 187 Å². The van der Waals surface area contributed by atoms with Gasteiger partial charge in [-0.3, -0.25) is 29.8 Å². The van der Waals surface area contributed by atoms with Crippen molar-refractivity contribution in [2.75, 3.05) is 54.4 Å². The summed E-state index contributed by atoms with van der Waals surface area (Å²) < 4.78 is 53.3. The Balaban J connectivity index is 0.688. The molecule has 3 aromatic heterocycles. The fourth-order valence-electron chi connectivity index (χ4n) is 11.5. The van der Waals surface area contributed by atoms with Crippen LogP contribution in [0.4, 0.5) is 34.6 Å². The number of alkyl halides is 3. The van der Waals surface area contributed by atoms with E-state index in [1.54, 1.807) is 45.8 Å². The first-order chi connectivity index (χ1) is 36.6. The number of hydrogen-bond donors (Lipinski definition) is 4. The van der Waals surface area contributed by atoms with E-state index in [1.165, 1.54) is 11.3 Å². The predicted octanol–water partition coefficient (Wildman–Crippen LogP) is 9.46. The van der Waals surface area contributed by atoms with Gasteiger partial charge in [0.05, 0.1) is 27.5 Å². The Bertz CT molecular complexity index is 3360. The number of carboxylic acids is 1. The summed E-state index contributed by atoms with van der Waals surface area (Å²) in [5.74, 6) is -1.02. The van der Waals surface area contributed by atoms with Crippen LogP contribution in [0.3, 0.4) is 0 Å². The Kier molecular flexibility index (Phi) is 13.9. The predicted molar refractivity (Wildman–Crippen MR) is 284 cm³/mol. The van der Waals surface area contributed by atoms with E-state index in [0.29, 0.717) is 101 Å². The molecule has 6 heterocycles. The molecular formula is C56H57F3N10O6S. The van der Waals surface area contributed by atoms with Crippen molar-refractivity contribution < 1.29 is 42.2 Å². The van der Waals surface area contributed by atoms with Crippen LogP contribution in [-0.2, 0) is 24.8 Å². The molecule has 4 amide bonds. The van der Waals surface area contributed by atoms with E-state index in [9.17, 15) is 37.5 Å². The quantitative estimate of drug-likeness (QED) is 0.0859. The van der Waals surface area contributed by atoms with Crippen LogP contribution in [0.1, 0.15) is 87.7 Å². The molecule has 4 aliphatic rings. The van der Waals surface area contributed by atoms with Gasteiger partial charge < -0.3 is 25.0 Å². The number of nitrogens with zero attached hydrogens (tertiary/aromatic N) is 7. The standard InChI is InChI=1S/C56H57F3N10O6S/c1-32-37(38-21-22-48(62-50(38)53(72)73)69-25-23-34-9-5-11-39(42(34)30-69)51(70)64-55-61-43-12-3-4-14-46(43)76-55)10-6-13-45(32)75-36-18-15-33(16-19-36)8-7-24-67-26-27-68(31-47(67)56(57,58)59)35-17-20-40-44(28-35)66(2)65-49(40)41-29-60-54(74)63-52(41)71/h3-6,9-14,17,20-22,28,33,36,41,47H,7-8,15-16,18-19,23-27,29-31H2,1-2H3,(H,72,73)(H,61,64,70)(H2,60,63,71,74)/t33-,36-,41?,47-/m0/s1. The van der Waals surface area contributed by atoms with Crippen LogP contribution in [0.25, 0.3) is 32.2 Å². The number of ether oxygens (including phenoxy) is 1. The number of imide groups is 1. The summed E-state index contributed by atoms with van der Waals surface area (Å²) in [7, 11) is 1.73. The van der Waals surface area contributed by atoms with Crippen LogP contribution in [0.15, 0.2) is 91.0 Å². The number of nitrogens with one attached hydrogen (secondary N) is 3. The van der Waals surface area contributed by atoms with Crippen LogP contribution in [0, 0.1) is 12.8 Å². The zero-order valence-electron chi connectivity index (χ0n) is 42.0. The van der Waals surface area contributed by atoms with Gasteiger partial charge in [0, 0.05) is 68.5 Å². The molecule has 1 aliphatic carbocycles. The molecule has 394 valence electrons. The first-order valence-corrected chi connectivity index (χ1v) is 26.6. The molecule has 3 fully saturated rings. The fraction of sp³-hybridized carbons (Fsp3) is 0.375. The minimum atomic E-state index is -4.42. The number of rotatable bonds is 13. The normalized spacial score (nSPS) is 20.3. The maximum Gasteiger partial charge on any atom is 0.405 e. The van der Waals surface area contributed by atoms with Crippen molar-refractivity contribution in [1.29, 1.82) is 0 Å². The van der Waals surface area contributed by atoms with Crippen LogP contribution in [-0.4, -0.2) is 111 Å². The molecule has 76 heavy (non-hydrogen) atoms. The van der Waals surface area contributed by atoms with E-state index >= 15 is 0 Å². The van der Waals surface area contributed by atoms with Gasteiger partial charge in [-0.25, -0.2) is 19.6 Å². The van der Waals surface area contributed by atoms with Crippen molar-refractivity contribution in [3.05, 3.63) is 125 Å². The number of carbonyl (C=O) groups excluding carboxylic acids is 3. The summed E-state index contributed by atoms with van der Waals surface area (Å²) in [5.41, 5.74) is 6.97. The van der Waals surface area contributed by atoms with Gasteiger partial charge in [-0.05, 0) is 141 Å². The number of aromatic carboxylic acids is 1. The van der Waals surface area contributed by atoms with Crippen LogP contribution < -0.4 is 30.5 Å². The molecule has 20 heteroatoms. The Morgan fingerprint density at radius 1 is 0.908 bits per heavy atom. The Morgan fingerprint density at radius 2 is 1.72 bits per heavy atom. The molecule has 1 saturated carbocycles. The lowest BCUT2D eigenvalue weighted by Crippen LogP contribution is -2.59. The van der Waals surface area contributed by atoms with Gasteiger partial charge in [-0.15, -0.1) is 0 Å². The molecule has 4 aromatic carbocycles.